The van der Waals surface area contributed by atoms with Crippen molar-refractivity contribution in [3.8, 4) is 0 Å². The molecule has 1 aliphatic carbocycles. The molecule has 0 radical (unpaired) electrons. The van der Waals surface area contributed by atoms with E-state index in [-0.39, 0.29) is 37.4 Å². The molecule has 100 valence electrons. The van der Waals surface area contributed by atoms with Crippen LogP contribution in [0.2, 0.25) is 0 Å². The Balaban J connectivity index is 1.73. The van der Waals surface area contributed by atoms with E-state index >= 15 is 0 Å². The number of carbonyl (C=O) groups excluding carboxylic acids is 3. The first-order valence-corrected chi connectivity index (χ1v) is 6.78. The number of imide groups is 1. The second kappa shape index (κ2) is 5.69. The van der Waals surface area contributed by atoms with Gasteiger partial charge in [-0.15, -0.1) is 0 Å². The summed E-state index contributed by atoms with van der Waals surface area (Å²) in [7, 11) is 0. The highest BCUT2D eigenvalue weighted by molar-refractivity contribution is 7.95. The molecule has 5 nitrogen and oxygen atoms in total. The van der Waals surface area contributed by atoms with Crippen LogP contribution in [0.15, 0.2) is 0 Å². The minimum atomic E-state index is -0.924. The molecule has 0 bridgehead atoms. The lowest BCUT2D eigenvalue weighted by Gasteiger charge is -2.13. The third-order valence-corrected chi connectivity index (χ3v) is 3.74. The van der Waals surface area contributed by atoms with Gasteiger partial charge >= 0.3 is 0 Å². The first-order valence-electron chi connectivity index (χ1n) is 6.00. The maximum atomic E-state index is 12.3. The Morgan fingerprint density at radius 2 is 2.17 bits per heavy atom. The van der Waals surface area contributed by atoms with Crippen molar-refractivity contribution in [3.05, 3.63) is 0 Å². The minimum absolute atomic E-state index is 0.0469. The number of amides is 3. The fourth-order valence-electron chi connectivity index (χ4n) is 1.84. The summed E-state index contributed by atoms with van der Waals surface area (Å²) in [5.41, 5.74) is 0. The number of rotatable bonds is 6. The maximum Gasteiger partial charge on any atom is 0.245 e. The Hall–Kier alpha value is -1.11. The number of hydrogen-bond acceptors (Lipinski definition) is 4. The Kier molecular flexibility index (Phi) is 4.21. The van der Waals surface area contributed by atoms with E-state index in [2.05, 4.69) is 5.32 Å². The van der Waals surface area contributed by atoms with Crippen molar-refractivity contribution in [2.24, 2.45) is 5.92 Å². The predicted molar refractivity (Wildman–Crippen MR) is 64.2 cm³/mol. The van der Waals surface area contributed by atoms with E-state index in [4.69, 9.17) is 0 Å². The molecule has 0 spiro atoms. The van der Waals surface area contributed by atoms with E-state index in [9.17, 15) is 18.3 Å². The number of halogens is 1. The van der Waals surface area contributed by atoms with Crippen molar-refractivity contribution in [2.45, 2.75) is 30.9 Å². The van der Waals surface area contributed by atoms with Crippen LogP contribution in [0.5, 0.6) is 0 Å². The summed E-state index contributed by atoms with van der Waals surface area (Å²) in [6, 6.07) is 0. The third-order valence-electron chi connectivity index (χ3n) is 3.16. The van der Waals surface area contributed by atoms with Gasteiger partial charge < -0.3 is 5.32 Å². The van der Waals surface area contributed by atoms with E-state index < -0.39 is 17.1 Å². The zero-order valence-electron chi connectivity index (χ0n) is 9.86. The van der Waals surface area contributed by atoms with Gasteiger partial charge in [0.2, 0.25) is 17.7 Å². The lowest BCUT2D eigenvalue weighted by atomic mass is 10.3. The van der Waals surface area contributed by atoms with Crippen LogP contribution in [-0.4, -0.2) is 41.0 Å². The Morgan fingerprint density at radius 3 is 2.72 bits per heavy atom. The lowest BCUT2D eigenvalue weighted by Crippen LogP contribution is -2.35. The molecule has 2 aliphatic rings. The molecule has 18 heavy (non-hydrogen) atoms. The summed E-state index contributed by atoms with van der Waals surface area (Å²) >= 11 is -0.108. The molecular weight excluding hydrogens is 259 g/mol. The van der Waals surface area contributed by atoms with Crippen LogP contribution < -0.4 is 5.32 Å². The van der Waals surface area contributed by atoms with Crippen LogP contribution in [0.1, 0.15) is 25.7 Å². The Morgan fingerprint density at radius 1 is 1.44 bits per heavy atom. The van der Waals surface area contributed by atoms with Crippen LogP contribution in [0.4, 0.5) is 3.89 Å². The monoisotopic (exact) mass is 274 g/mol. The zero-order valence-corrected chi connectivity index (χ0v) is 10.7. The number of likely N-dealkylation sites (tertiary alicyclic amines) is 1. The molecule has 1 atom stereocenters. The maximum absolute atomic E-state index is 12.3. The summed E-state index contributed by atoms with van der Waals surface area (Å²) in [5, 5.41) is 1.83. The second-order valence-electron chi connectivity index (χ2n) is 4.66. The fourth-order valence-corrected chi connectivity index (χ4v) is 2.25. The molecule has 2 fully saturated rings. The Labute approximate surface area is 109 Å². The standard InChI is InChI=1S/C11H15FN2O3S/c12-18-8-5-10(16)14(11(8)17)4-3-9(15)13-6-7-1-2-7/h7-8H,1-6H2,(H,13,15). The van der Waals surface area contributed by atoms with Crippen molar-refractivity contribution in [2.75, 3.05) is 13.1 Å². The van der Waals surface area contributed by atoms with Crippen molar-refractivity contribution >= 4 is 29.9 Å². The van der Waals surface area contributed by atoms with E-state index in [1.807, 2.05) is 0 Å². The van der Waals surface area contributed by atoms with Gasteiger partial charge in [0.15, 0.2) is 0 Å². The summed E-state index contributed by atoms with van der Waals surface area (Å²) < 4.78 is 12.3. The van der Waals surface area contributed by atoms with Crippen molar-refractivity contribution in [1.82, 2.24) is 10.2 Å². The third kappa shape index (κ3) is 3.22. The summed E-state index contributed by atoms with van der Waals surface area (Å²) in [4.78, 5) is 35.4. The summed E-state index contributed by atoms with van der Waals surface area (Å²) in [6.07, 6.45) is 2.29. The highest BCUT2D eigenvalue weighted by Crippen LogP contribution is 2.27. The number of nitrogens with zero attached hydrogens (tertiary/aromatic N) is 1. The molecule has 3 amide bonds. The van der Waals surface area contributed by atoms with Crippen LogP contribution in [0.25, 0.3) is 0 Å². The first kappa shape index (κ1) is 13.3. The predicted octanol–water partition coefficient (Wildman–Crippen LogP) is 0.648. The Bertz CT molecular complexity index is 373. The average molecular weight is 274 g/mol. The van der Waals surface area contributed by atoms with E-state index in [0.717, 1.165) is 17.7 Å². The molecule has 1 unspecified atom stereocenters. The van der Waals surface area contributed by atoms with Crippen LogP contribution in [-0.2, 0) is 14.4 Å². The lowest BCUT2D eigenvalue weighted by molar-refractivity contribution is -0.138. The molecule has 0 aromatic heterocycles. The van der Waals surface area contributed by atoms with Gasteiger partial charge in [0.1, 0.15) is 5.25 Å². The van der Waals surface area contributed by atoms with Gasteiger partial charge in [0.25, 0.3) is 0 Å². The van der Waals surface area contributed by atoms with Gasteiger partial charge in [-0.25, -0.2) is 0 Å². The SMILES string of the molecule is O=C(CCN1C(=O)CC(SF)C1=O)NCC1CC1. The number of hydrogen-bond donors (Lipinski definition) is 1. The zero-order chi connectivity index (χ0) is 13.1. The van der Waals surface area contributed by atoms with Gasteiger partial charge in [0.05, 0.1) is 18.6 Å². The highest BCUT2D eigenvalue weighted by Gasteiger charge is 2.39. The van der Waals surface area contributed by atoms with Gasteiger partial charge in [-0.05, 0) is 18.8 Å². The van der Waals surface area contributed by atoms with Gasteiger partial charge in [-0.3, -0.25) is 19.3 Å². The van der Waals surface area contributed by atoms with Gasteiger partial charge in [-0.2, -0.15) is 3.89 Å². The molecule has 1 N–H and O–H groups in total. The quantitative estimate of drug-likeness (QED) is 0.722. The topological polar surface area (TPSA) is 66.5 Å². The van der Waals surface area contributed by atoms with Crippen LogP contribution in [0.3, 0.4) is 0 Å². The molecule has 2 rings (SSSR count). The minimum Gasteiger partial charge on any atom is -0.356 e. The molecule has 7 heteroatoms. The van der Waals surface area contributed by atoms with Crippen molar-refractivity contribution < 1.29 is 18.3 Å². The smallest absolute Gasteiger partial charge is 0.245 e. The van der Waals surface area contributed by atoms with E-state index in [0.29, 0.717) is 12.5 Å². The van der Waals surface area contributed by atoms with Crippen molar-refractivity contribution in [1.29, 1.82) is 0 Å². The van der Waals surface area contributed by atoms with E-state index in [1.54, 1.807) is 0 Å². The molecule has 1 saturated carbocycles. The van der Waals surface area contributed by atoms with Gasteiger partial charge in [-0.1, -0.05) is 0 Å². The summed E-state index contributed by atoms with van der Waals surface area (Å²) in [6.45, 7) is 0.717. The van der Waals surface area contributed by atoms with E-state index in [1.165, 1.54) is 0 Å². The molecule has 1 heterocycles. The summed E-state index contributed by atoms with van der Waals surface area (Å²) in [5.74, 6) is -0.497. The second-order valence-corrected chi connectivity index (χ2v) is 5.41. The van der Waals surface area contributed by atoms with Crippen LogP contribution >= 0.6 is 12.1 Å². The molecule has 1 saturated heterocycles. The normalized spacial score (nSPS) is 23.6. The molecule has 0 aromatic carbocycles. The molecule has 0 aromatic rings. The largest absolute Gasteiger partial charge is 0.356 e. The molecular formula is C11H15FN2O3S. The number of carbonyl (C=O) groups is 3. The first-order chi connectivity index (χ1) is 8.61. The van der Waals surface area contributed by atoms with Crippen molar-refractivity contribution in [3.63, 3.8) is 0 Å². The highest BCUT2D eigenvalue weighted by atomic mass is 32.2. The van der Waals surface area contributed by atoms with Gasteiger partial charge in [0, 0.05) is 19.5 Å². The van der Waals surface area contributed by atoms with Crippen LogP contribution in [0, 0.1) is 5.92 Å². The average Bonchev–Trinajstić information content (AvgIpc) is 3.13. The number of nitrogens with one attached hydrogen (secondary N) is 1. The molecule has 1 aliphatic heterocycles. The fraction of sp³-hybridized carbons (Fsp3) is 0.727.